The Hall–Kier alpha value is -3.55. The zero-order chi connectivity index (χ0) is 18.8. The van der Waals surface area contributed by atoms with Crippen molar-refractivity contribution in [3.63, 3.8) is 0 Å². The molecule has 0 unspecified atom stereocenters. The number of rotatable bonds is 5. The first-order valence-electron chi connectivity index (χ1n) is 7.86. The van der Waals surface area contributed by atoms with Crippen LogP contribution < -0.4 is 5.32 Å². The molecule has 8 nitrogen and oxygen atoms in total. The SMILES string of the molecule is CN(C)C(=O)c1cccc(CNc2ccc3[nH]nc(C(=O)O)c3c2)c1O. The summed E-state index contributed by atoms with van der Waals surface area (Å²) in [5, 5.41) is 29.6. The van der Waals surface area contributed by atoms with Gasteiger partial charge in [0.25, 0.3) is 5.91 Å². The van der Waals surface area contributed by atoms with E-state index in [1.807, 2.05) is 0 Å². The number of aromatic nitrogens is 2. The maximum atomic E-state index is 12.1. The van der Waals surface area contributed by atoms with Gasteiger partial charge in [0.05, 0.1) is 11.1 Å². The van der Waals surface area contributed by atoms with Crippen LogP contribution in [0.15, 0.2) is 36.4 Å². The Morgan fingerprint density at radius 1 is 1.23 bits per heavy atom. The molecule has 1 aromatic heterocycles. The quantitative estimate of drug-likeness (QED) is 0.558. The lowest BCUT2D eigenvalue weighted by molar-refractivity contribution is 0.0692. The number of H-pyrrole nitrogens is 1. The van der Waals surface area contributed by atoms with Gasteiger partial charge in [-0.15, -0.1) is 0 Å². The van der Waals surface area contributed by atoms with E-state index in [0.717, 1.165) is 0 Å². The first-order chi connectivity index (χ1) is 12.4. The van der Waals surface area contributed by atoms with Crippen LogP contribution in [0.1, 0.15) is 26.4 Å². The molecule has 8 heteroatoms. The molecule has 0 atom stereocenters. The van der Waals surface area contributed by atoms with Gasteiger partial charge >= 0.3 is 5.97 Å². The van der Waals surface area contributed by atoms with Gasteiger partial charge in [-0.05, 0) is 24.3 Å². The number of fused-ring (bicyclic) bond motifs is 1. The number of nitrogens with zero attached hydrogens (tertiary/aromatic N) is 2. The lowest BCUT2D eigenvalue weighted by atomic mass is 10.1. The molecule has 0 aliphatic rings. The van der Waals surface area contributed by atoms with Crippen LogP contribution in [0.25, 0.3) is 10.9 Å². The largest absolute Gasteiger partial charge is 0.507 e. The first kappa shape index (κ1) is 17.3. The highest BCUT2D eigenvalue weighted by atomic mass is 16.4. The number of carbonyl (C=O) groups excluding carboxylic acids is 1. The Morgan fingerprint density at radius 2 is 2.00 bits per heavy atom. The fourth-order valence-corrected chi connectivity index (χ4v) is 2.63. The minimum absolute atomic E-state index is 0.0509. The Kier molecular flexibility index (Phi) is 4.49. The summed E-state index contributed by atoms with van der Waals surface area (Å²) in [6.45, 7) is 0.270. The van der Waals surface area contributed by atoms with Gasteiger partial charge < -0.3 is 20.4 Å². The summed E-state index contributed by atoms with van der Waals surface area (Å²) >= 11 is 0. The highest BCUT2D eigenvalue weighted by Gasteiger charge is 2.16. The molecule has 0 aliphatic carbocycles. The lowest BCUT2D eigenvalue weighted by Crippen LogP contribution is -2.22. The number of carboxylic acid groups (broad SMARTS) is 1. The van der Waals surface area contributed by atoms with Crippen LogP contribution in [0.4, 0.5) is 5.69 Å². The normalized spacial score (nSPS) is 10.7. The smallest absolute Gasteiger partial charge is 0.357 e. The monoisotopic (exact) mass is 354 g/mol. The van der Waals surface area contributed by atoms with Gasteiger partial charge in [0.2, 0.25) is 0 Å². The Labute approximate surface area is 149 Å². The first-order valence-corrected chi connectivity index (χ1v) is 7.86. The van der Waals surface area contributed by atoms with Crippen LogP contribution in [0, 0.1) is 0 Å². The number of anilines is 1. The van der Waals surface area contributed by atoms with Gasteiger partial charge in [0.1, 0.15) is 5.75 Å². The number of phenols is 1. The van der Waals surface area contributed by atoms with E-state index < -0.39 is 5.97 Å². The molecule has 3 aromatic rings. The number of carboxylic acids is 1. The standard InChI is InChI=1S/C18H18N4O4/c1-22(2)17(24)12-5-3-4-10(16(12)23)9-19-11-6-7-14-13(8-11)15(18(25)26)21-20-14/h3-8,19,23H,9H2,1-2H3,(H,20,21)(H,25,26). The van der Waals surface area contributed by atoms with Crippen molar-refractivity contribution in [1.82, 2.24) is 15.1 Å². The Bertz CT molecular complexity index is 994. The highest BCUT2D eigenvalue weighted by molar-refractivity contribution is 6.02. The van der Waals surface area contributed by atoms with E-state index in [2.05, 4.69) is 15.5 Å². The summed E-state index contributed by atoms with van der Waals surface area (Å²) < 4.78 is 0. The zero-order valence-electron chi connectivity index (χ0n) is 14.3. The highest BCUT2D eigenvalue weighted by Crippen LogP contribution is 2.26. The summed E-state index contributed by atoms with van der Waals surface area (Å²) in [6, 6.07) is 10.2. The average molecular weight is 354 g/mol. The number of hydrogen-bond acceptors (Lipinski definition) is 5. The van der Waals surface area contributed by atoms with E-state index in [1.54, 1.807) is 50.5 Å². The molecule has 0 saturated carbocycles. The van der Waals surface area contributed by atoms with Gasteiger partial charge in [-0.2, -0.15) is 5.10 Å². The van der Waals surface area contributed by atoms with Crippen LogP contribution in [0.2, 0.25) is 0 Å². The molecule has 4 N–H and O–H groups in total. The van der Waals surface area contributed by atoms with Crippen LogP contribution in [0.5, 0.6) is 5.75 Å². The van der Waals surface area contributed by atoms with Gasteiger partial charge in [-0.25, -0.2) is 4.79 Å². The second-order valence-electron chi connectivity index (χ2n) is 6.00. The number of nitrogens with one attached hydrogen (secondary N) is 2. The van der Waals surface area contributed by atoms with E-state index in [0.29, 0.717) is 22.2 Å². The molecule has 0 aliphatic heterocycles. The van der Waals surface area contributed by atoms with Crippen molar-refractivity contribution in [3.05, 3.63) is 53.2 Å². The predicted octanol–water partition coefficient (Wildman–Crippen LogP) is 2.28. The molecule has 1 amide bonds. The van der Waals surface area contributed by atoms with Crippen LogP contribution in [0.3, 0.4) is 0 Å². The molecule has 3 rings (SSSR count). The molecule has 0 saturated heterocycles. The van der Waals surface area contributed by atoms with E-state index >= 15 is 0 Å². The third kappa shape index (κ3) is 3.16. The van der Waals surface area contributed by atoms with Crippen LogP contribution >= 0.6 is 0 Å². The third-order valence-corrected chi connectivity index (χ3v) is 4.00. The second-order valence-corrected chi connectivity index (χ2v) is 6.00. The van der Waals surface area contributed by atoms with Crippen molar-refractivity contribution in [2.24, 2.45) is 0 Å². The molecule has 0 spiro atoms. The number of carbonyl (C=O) groups is 2. The maximum Gasteiger partial charge on any atom is 0.357 e. The van der Waals surface area contributed by atoms with Crippen LogP contribution in [-0.2, 0) is 6.54 Å². The third-order valence-electron chi connectivity index (χ3n) is 4.00. The number of para-hydroxylation sites is 1. The fraction of sp³-hybridized carbons (Fsp3) is 0.167. The van der Waals surface area contributed by atoms with Crippen molar-refractivity contribution >= 4 is 28.5 Å². The molecular weight excluding hydrogens is 336 g/mol. The zero-order valence-corrected chi connectivity index (χ0v) is 14.3. The van der Waals surface area contributed by atoms with E-state index in [9.17, 15) is 14.7 Å². The number of phenolic OH excluding ortho intramolecular Hbond substituents is 1. The molecule has 1 heterocycles. The van der Waals surface area contributed by atoms with Gasteiger partial charge in [-0.1, -0.05) is 12.1 Å². The van der Waals surface area contributed by atoms with Crippen molar-refractivity contribution in [2.75, 3.05) is 19.4 Å². The van der Waals surface area contributed by atoms with Gasteiger partial charge in [0.15, 0.2) is 5.69 Å². The minimum Gasteiger partial charge on any atom is -0.507 e. The van der Waals surface area contributed by atoms with Gasteiger partial charge in [0, 0.05) is 37.3 Å². The van der Waals surface area contributed by atoms with Crippen molar-refractivity contribution in [1.29, 1.82) is 0 Å². The molecular formula is C18H18N4O4. The van der Waals surface area contributed by atoms with Gasteiger partial charge in [-0.3, -0.25) is 9.89 Å². The number of benzene rings is 2. The van der Waals surface area contributed by atoms with Crippen molar-refractivity contribution in [3.8, 4) is 5.75 Å². The number of aromatic hydroxyl groups is 1. The Balaban J connectivity index is 1.84. The number of aromatic carboxylic acids is 1. The second kappa shape index (κ2) is 6.75. The lowest BCUT2D eigenvalue weighted by Gasteiger charge is -2.14. The number of amides is 1. The minimum atomic E-state index is -1.11. The molecule has 26 heavy (non-hydrogen) atoms. The Morgan fingerprint density at radius 3 is 2.69 bits per heavy atom. The molecule has 134 valence electrons. The van der Waals surface area contributed by atoms with E-state index in [1.165, 1.54) is 4.90 Å². The average Bonchev–Trinajstić information content (AvgIpc) is 3.03. The van der Waals surface area contributed by atoms with E-state index in [-0.39, 0.29) is 29.5 Å². The summed E-state index contributed by atoms with van der Waals surface area (Å²) in [6.07, 6.45) is 0. The molecule has 0 fully saturated rings. The predicted molar refractivity (Wildman–Crippen MR) is 96.5 cm³/mol. The van der Waals surface area contributed by atoms with Crippen LogP contribution in [-0.4, -0.2) is 51.3 Å². The number of hydrogen-bond donors (Lipinski definition) is 4. The molecule has 2 aromatic carbocycles. The van der Waals surface area contributed by atoms with E-state index in [4.69, 9.17) is 5.11 Å². The summed E-state index contributed by atoms with van der Waals surface area (Å²) in [5.41, 5.74) is 2.03. The molecule has 0 radical (unpaired) electrons. The fourth-order valence-electron chi connectivity index (χ4n) is 2.63. The summed E-state index contributed by atoms with van der Waals surface area (Å²) in [5.74, 6) is -1.47. The topological polar surface area (TPSA) is 119 Å². The van der Waals surface area contributed by atoms with Crippen molar-refractivity contribution < 1.29 is 19.8 Å². The summed E-state index contributed by atoms with van der Waals surface area (Å²) in [7, 11) is 3.24. The van der Waals surface area contributed by atoms with Crippen molar-refractivity contribution in [2.45, 2.75) is 6.54 Å². The number of aromatic amines is 1. The summed E-state index contributed by atoms with van der Waals surface area (Å²) in [4.78, 5) is 24.7. The maximum absolute atomic E-state index is 12.1. The molecule has 0 bridgehead atoms.